The second-order valence-electron chi connectivity index (χ2n) is 2.84. The minimum atomic E-state index is 0.651. The van der Waals surface area contributed by atoms with Crippen LogP contribution in [0.1, 0.15) is 5.89 Å². The second-order valence-corrected chi connectivity index (χ2v) is 2.84. The lowest BCUT2D eigenvalue weighted by atomic mass is 10.1. The first kappa shape index (κ1) is 7.86. The minimum absolute atomic E-state index is 0.651. The van der Waals surface area contributed by atoms with E-state index in [0.717, 1.165) is 16.9 Å². The lowest BCUT2D eigenvalue weighted by Gasteiger charge is -1.99. The van der Waals surface area contributed by atoms with Crippen molar-refractivity contribution in [2.75, 3.05) is 5.73 Å². The predicted octanol–water partition coefficient (Wildman–Crippen LogP) is 2.23. The Labute approximate surface area is 76.2 Å². The Morgan fingerprint density at radius 3 is 2.69 bits per heavy atom. The molecule has 3 heteroatoms. The summed E-state index contributed by atoms with van der Waals surface area (Å²) in [7, 11) is 0. The first-order valence-electron chi connectivity index (χ1n) is 4.04. The van der Waals surface area contributed by atoms with E-state index in [9.17, 15) is 0 Å². The van der Waals surface area contributed by atoms with E-state index >= 15 is 0 Å². The van der Waals surface area contributed by atoms with Gasteiger partial charge >= 0.3 is 0 Å². The molecule has 0 radical (unpaired) electrons. The molecular weight excluding hydrogens is 164 g/mol. The highest BCUT2D eigenvalue weighted by atomic mass is 16.3. The van der Waals surface area contributed by atoms with E-state index in [-0.39, 0.29) is 0 Å². The molecule has 0 saturated carbocycles. The number of oxazole rings is 1. The summed E-state index contributed by atoms with van der Waals surface area (Å²) in [5.41, 5.74) is 8.20. The summed E-state index contributed by atoms with van der Waals surface area (Å²) < 4.78 is 5.11. The van der Waals surface area contributed by atoms with E-state index in [4.69, 9.17) is 10.2 Å². The van der Waals surface area contributed by atoms with Crippen LogP contribution < -0.4 is 5.73 Å². The topological polar surface area (TPSA) is 52.0 Å². The quantitative estimate of drug-likeness (QED) is 0.674. The monoisotopic (exact) mass is 174 g/mol. The zero-order chi connectivity index (χ0) is 9.26. The van der Waals surface area contributed by atoms with Crippen LogP contribution in [0.2, 0.25) is 0 Å². The molecule has 1 aromatic carbocycles. The third kappa shape index (κ3) is 1.40. The predicted molar refractivity (Wildman–Crippen MR) is 51.1 cm³/mol. The van der Waals surface area contributed by atoms with Crippen molar-refractivity contribution < 1.29 is 4.42 Å². The number of rotatable bonds is 1. The standard InChI is InChI=1S/C10H10N2O/c1-7-12-10(6-13-7)8-4-2-3-5-9(8)11/h2-6H,11H2,1H3. The van der Waals surface area contributed by atoms with Crippen molar-refractivity contribution in [2.45, 2.75) is 6.92 Å². The van der Waals surface area contributed by atoms with Crippen molar-refractivity contribution in [2.24, 2.45) is 0 Å². The van der Waals surface area contributed by atoms with E-state index in [1.165, 1.54) is 0 Å². The van der Waals surface area contributed by atoms with Gasteiger partial charge in [0.15, 0.2) is 5.89 Å². The molecule has 0 aliphatic carbocycles. The van der Waals surface area contributed by atoms with Gasteiger partial charge < -0.3 is 10.2 Å². The number of hydrogen-bond donors (Lipinski definition) is 1. The van der Waals surface area contributed by atoms with E-state index in [1.807, 2.05) is 31.2 Å². The molecule has 66 valence electrons. The second kappa shape index (κ2) is 2.94. The molecule has 0 atom stereocenters. The molecule has 3 nitrogen and oxygen atoms in total. The maximum absolute atomic E-state index is 5.78. The molecule has 0 spiro atoms. The third-order valence-electron chi connectivity index (χ3n) is 1.86. The van der Waals surface area contributed by atoms with Gasteiger partial charge in [0.2, 0.25) is 0 Å². The fourth-order valence-electron chi connectivity index (χ4n) is 1.22. The maximum atomic E-state index is 5.78. The van der Waals surface area contributed by atoms with Crippen LogP contribution in [0.3, 0.4) is 0 Å². The van der Waals surface area contributed by atoms with E-state index in [1.54, 1.807) is 6.26 Å². The fourth-order valence-corrected chi connectivity index (χ4v) is 1.22. The Morgan fingerprint density at radius 1 is 1.31 bits per heavy atom. The zero-order valence-corrected chi connectivity index (χ0v) is 7.32. The van der Waals surface area contributed by atoms with Crippen molar-refractivity contribution >= 4 is 5.69 Å². The molecule has 1 aromatic heterocycles. The van der Waals surface area contributed by atoms with Crippen molar-refractivity contribution in [3.05, 3.63) is 36.4 Å². The van der Waals surface area contributed by atoms with Gasteiger partial charge in [-0.3, -0.25) is 0 Å². The summed E-state index contributed by atoms with van der Waals surface area (Å²) >= 11 is 0. The van der Waals surface area contributed by atoms with Crippen LogP contribution in [0, 0.1) is 6.92 Å². The van der Waals surface area contributed by atoms with Gasteiger partial charge in [-0.25, -0.2) is 4.98 Å². The molecular formula is C10H10N2O. The Bertz CT molecular complexity index is 420. The molecule has 2 N–H and O–H groups in total. The van der Waals surface area contributed by atoms with Crippen molar-refractivity contribution in [3.63, 3.8) is 0 Å². The molecule has 0 fully saturated rings. The summed E-state index contributed by atoms with van der Waals surface area (Å²) in [4.78, 5) is 4.20. The number of nitrogens with zero attached hydrogens (tertiary/aromatic N) is 1. The normalized spacial score (nSPS) is 10.2. The van der Waals surface area contributed by atoms with Crippen LogP contribution in [-0.4, -0.2) is 4.98 Å². The minimum Gasteiger partial charge on any atom is -0.449 e. The molecule has 0 bridgehead atoms. The lowest BCUT2D eigenvalue weighted by Crippen LogP contribution is -1.88. The van der Waals surface area contributed by atoms with Crippen molar-refractivity contribution in [1.82, 2.24) is 4.98 Å². The van der Waals surface area contributed by atoms with Crippen LogP contribution in [-0.2, 0) is 0 Å². The van der Waals surface area contributed by atoms with Crippen LogP contribution in [0.25, 0.3) is 11.3 Å². The SMILES string of the molecule is Cc1nc(-c2ccccc2N)co1. The number of aromatic nitrogens is 1. The number of para-hydroxylation sites is 1. The summed E-state index contributed by atoms with van der Waals surface area (Å²) in [6.45, 7) is 1.81. The summed E-state index contributed by atoms with van der Waals surface area (Å²) in [5, 5.41) is 0. The number of anilines is 1. The Kier molecular flexibility index (Phi) is 1.77. The molecule has 0 unspecified atom stereocenters. The highest BCUT2D eigenvalue weighted by molar-refractivity contribution is 5.72. The highest BCUT2D eigenvalue weighted by Crippen LogP contribution is 2.24. The van der Waals surface area contributed by atoms with Crippen LogP contribution in [0.4, 0.5) is 5.69 Å². The van der Waals surface area contributed by atoms with E-state index in [2.05, 4.69) is 4.98 Å². The average Bonchev–Trinajstić information content (AvgIpc) is 2.53. The average molecular weight is 174 g/mol. The largest absolute Gasteiger partial charge is 0.449 e. The van der Waals surface area contributed by atoms with Crippen LogP contribution in [0.5, 0.6) is 0 Å². The van der Waals surface area contributed by atoms with Gasteiger partial charge in [0, 0.05) is 18.2 Å². The van der Waals surface area contributed by atoms with E-state index < -0.39 is 0 Å². The Hall–Kier alpha value is -1.77. The summed E-state index contributed by atoms with van der Waals surface area (Å²) in [5.74, 6) is 0.651. The Morgan fingerprint density at radius 2 is 2.08 bits per heavy atom. The Balaban J connectivity index is 2.52. The van der Waals surface area contributed by atoms with Gasteiger partial charge in [-0.05, 0) is 6.07 Å². The summed E-state index contributed by atoms with van der Waals surface area (Å²) in [6, 6.07) is 7.59. The fraction of sp³-hybridized carbons (Fsp3) is 0.100. The van der Waals surface area contributed by atoms with Gasteiger partial charge in [0.1, 0.15) is 12.0 Å². The zero-order valence-electron chi connectivity index (χ0n) is 7.32. The first-order chi connectivity index (χ1) is 6.27. The highest BCUT2D eigenvalue weighted by Gasteiger charge is 2.05. The number of nitrogen functional groups attached to an aromatic ring is 1. The van der Waals surface area contributed by atoms with Crippen molar-refractivity contribution in [1.29, 1.82) is 0 Å². The number of hydrogen-bond acceptors (Lipinski definition) is 3. The van der Waals surface area contributed by atoms with Gasteiger partial charge in [0.25, 0.3) is 0 Å². The molecule has 0 amide bonds. The van der Waals surface area contributed by atoms with Gasteiger partial charge in [-0.15, -0.1) is 0 Å². The number of aryl methyl sites for hydroxylation is 1. The lowest BCUT2D eigenvalue weighted by molar-refractivity contribution is 0.521. The van der Waals surface area contributed by atoms with Crippen LogP contribution in [0.15, 0.2) is 34.9 Å². The molecule has 0 aliphatic rings. The maximum Gasteiger partial charge on any atom is 0.191 e. The number of nitrogens with two attached hydrogens (primary N) is 1. The van der Waals surface area contributed by atoms with Crippen molar-refractivity contribution in [3.8, 4) is 11.3 Å². The molecule has 1 heterocycles. The molecule has 0 saturated heterocycles. The van der Waals surface area contributed by atoms with Crippen LogP contribution >= 0.6 is 0 Å². The molecule has 0 aliphatic heterocycles. The summed E-state index contributed by atoms with van der Waals surface area (Å²) in [6.07, 6.45) is 1.61. The van der Waals surface area contributed by atoms with Gasteiger partial charge in [-0.2, -0.15) is 0 Å². The van der Waals surface area contributed by atoms with Gasteiger partial charge in [0.05, 0.1) is 0 Å². The smallest absolute Gasteiger partial charge is 0.191 e. The van der Waals surface area contributed by atoms with E-state index in [0.29, 0.717) is 5.89 Å². The third-order valence-corrected chi connectivity index (χ3v) is 1.86. The molecule has 2 aromatic rings. The first-order valence-corrected chi connectivity index (χ1v) is 4.04. The molecule has 2 rings (SSSR count). The number of benzene rings is 1. The van der Waals surface area contributed by atoms with Gasteiger partial charge in [-0.1, -0.05) is 18.2 Å². The molecule has 13 heavy (non-hydrogen) atoms.